The first kappa shape index (κ1) is 27.5. The second kappa shape index (κ2) is 10.9. The lowest BCUT2D eigenvalue weighted by Crippen LogP contribution is -2.58. The summed E-state index contributed by atoms with van der Waals surface area (Å²) in [4.78, 5) is 44.7. The predicted molar refractivity (Wildman–Crippen MR) is 155 cm³/mol. The van der Waals surface area contributed by atoms with E-state index in [9.17, 15) is 19.5 Å². The van der Waals surface area contributed by atoms with Crippen LogP contribution >= 0.6 is 11.6 Å². The van der Waals surface area contributed by atoms with E-state index >= 15 is 0 Å². The summed E-state index contributed by atoms with van der Waals surface area (Å²) in [6, 6.07) is 13.3. The van der Waals surface area contributed by atoms with Crippen LogP contribution in [0.25, 0.3) is 5.52 Å². The Morgan fingerprint density at radius 2 is 1.63 bits per heavy atom. The third-order valence-electron chi connectivity index (χ3n) is 8.73. The number of fused-ring (bicyclic) bond motifs is 1. The number of nitrogens with zero attached hydrogens (tertiary/aromatic N) is 5. The van der Waals surface area contributed by atoms with E-state index in [0.29, 0.717) is 18.6 Å². The summed E-state index contributed by atoms with van der Waals surface area (Å²) in [5, 5.41) is 15.9. The molecule has 0 saturated carbocycles. The fraction of sp³-hybridized carbons (Fsp3) is 0.419. The lowest BCUT2D eigenvalue weighted by Gasteiger charge is -2.44. The maximum absolute atomic E-state index is 14.3. The van der Waals surface area contributed by atoms with E-state index in [1.54, 1.807) is 34.2 Å². The molecule has 0 spiro atoms. The number of hydrogen-bond donors (Lipinski definition) is 1. The smallest absolute Gasteiger partial charge is 0.277 e. The Balaban J connectivity index is 1.24. The van der Waals surface area contributed by atoms with Gasteiger partial charge in [0.25, 0.3) is 5.56 Å². The summed E-state index contributed by atoms with van der Waals surface area (Å²) in [5.41, 5.74) is -1.60. The van der Waals surface area contributed by atoms with Crippen molar-refractivity contribution in [1.29, 1.82) is 0 Å². The van der Waals surface area contributed by atoms with Gasteiger partial charge in [-0.05, 0) is 49.8 Å². The first-order chi connectivity index (χ1) is 19.8. The lowest BCUT2D eigenvalue weighted by molar-refractivity contribution is -0.153. The summed E-state index contributed by atoms with van der Waals surface area (Å²) in [7, 11) is 0. The second-order valence-corrected chi connectivity index (χ2v) is 11.8. The third kappa shape index (κ3) is 5.02. The van der Waals surface area contributed by atoms with E-state index in [1.165, 1.54) is 15.4 Å². The number of halogens is 1. The molecule has 214 valence electrons. The van der Waals surface area contributed by atoms with Crippen molar-refractivity contribution in [2.45, 2.75) is 50.2 Å². The summed E-state index contributed by atoms with van der Waals surface area (Å²) in [6.07, 6.45) is 11.9. The molecule has 2 aromatic heterocycles. The molecule has 2 unspecified atom stereocenters. The van der Waals surface area contributed by atoms with E-state index in [-0.39, 0.29) is 60.8 Å². The van der Waals surface area contributed by atoms with Crippen molar-refractivity contribution in [3.8, 4) is 0 Å². The van der Waals surface area contributed by atoms with Gasteiger partial charge in [0.1, 0.15) is 11.8 Å². The molecule has 2 aliphatic heterocycles. The molecule has 0 radical (unpaired) electrons. The zero-order valence-corrected chi connectivity index (χ0v) is 23.6. The Morgan fingerprint density at radius 3 is 2.32 bits per heavy atom. The number of rotatable bonds is 5. The van der Waals surface area contributed by atoms with Gasteiger partial charge in [0.05, 0.1) is 12.1 Å². The van der Waals surface area contributed by atoms with E-state index in [1.807, 2.05) is 42.5 Å². The SMILES string of the molecule is O=C(N1CCCCC1)C1(C(=O)N2CCC(O)(Cn3cnn4cccc4c3=O)CC2)C=CC(c2ccccc2)C=C1Cl. The first-order valence-corrected chi connectivity index (χ1v) is 14.6. The number of amides is 2. The normalized spacial score (nSPS) is 24.3. The molecular formula is C31H34ClN5O4. The van der Waals surface area contributed by atoms with E-state index in [0.717, 1.165) is 24.8 Å². The Morgan fingerprint density at radius 1 is 0.951 bits per heavy atom. The average molecular weight is 576 g/mol. The number of likely N-dealkylation sites (tertiary alicyclic amines) is 2. The number of hydrogen-bond acceptors (Lipinski definition) is 5. The van der Waals surface area contributed by atoms with Crippen molar-refractivity contribution >= 4 is 28.9 Å². The van der Waals surface area contributed by atoms with Crippen LogP contribution in [0.4, 0.5) is 0 Å². The van der Waals surface area contributed by atoms with Crippen molar-refractivity contribution in [2.24, 2.45) is 5.41 Å². The number of carbonyl (C=O) groups excluding carboxylic acids is 2. The minimum atomic E-state index is -1.62. The molecule has 3 aromatic rings. The maximum Gasteiger partial charge on any atom is 0.277 e. The minimum absolute atomic E-state index is 0.0692. The molecular weight excluding hydrogens is 542 g/mol. The Bertz CT molecular complexity index is 1560. The molecule has 2 fully saturated rings. The van der Waals surface area contributed by atoms with Crippen molar-refractivity contribution in [3.05, 3.63) is 94.2 Å². The van der Waals surface area contributed by atoms with Crippen LogP contribution in [-0.4, -0.2) is 72.7 Å². The molecule has 4 heterocycles. The van der Waals surface area contributed by atoms with E-state index in [2.05, 4.69) is 5.10 Å². The highest BCUT2D eigenvalue weighted by Gasteiger charge is 2.53. The van der Waals surface area contributed by atoms with Gasteiger partial charge in [0.2, 0.25) is 11.8 Å². The molecule has 2 amide bonds. The number of carbonyl (C=O) groups is 2. The van der Waals surface area contributed by atoms with Gasteiger partial charge < -0.3 is 14.9 Å². The molecule has 1 aliphatic carbocycles. The van der Waals surface area contributed by atoms with Gasteiger partial charge in [0.15, 0.2) is 5.41 Å². The fourth-order valence-corrected chi connectivity index (χ4v) is 6.62. The first-order valence-electron chi connectivity index (χ1n) is 14.3. The average Bonchev–Trinajstić information content (AvgIpc) is 3.49. The highest BCUT2D eigenvalue weighted by atomic mass is 35.5. The molecule has 1 N–H and O–H groups in total. The number of benzene rings is 1. The number of aromatic nitrogens is 3. The minimum Gasteiger partial charge on any atom is -0.388 e. The van der Waals surface area contributed by atoms with Gasteiger partial charge in [-0.25, -0.2) is 4.52 Å². The quantitative estimate of drug-likeness (QED) is 0.372. The largest absolute Gasteiger partial charge is 0.388 e. The Kier molecular flexibility index (Phi) is 7.34. The third-order valence-corrected chi connectivity index (χ3v) is 9.15. The monoisotopic (exact) mass is 575 g/mol. The zero-order chi connectivity index (χ0) is 28.6. The summed E-state index contributed by atoms with van der Waals surface area (Å²) in [5.74, 6) is -0.798. The van der Waals surface area contributed by atoms with Crippen molar-refractivity contribution in [1.82, 2.24) is 24.0 Å². The molecule has 3 aliphatic rings. The van der Waals surface area contributed by atoms with Crippen molar-refractivity contribution in [3.63, 3.8) is 0 Å². The van der Waals surface area contributed by atoms with Crippen LogP contribution in [-0.2, 0) is 16.1 Å². The van der Waals surface area contributed by atoms with Crippen LogP contribution in [0.1, 0.15) is 43.6 Å². The summed E-state index contributed by atoms with van der Waals surface area (Å²) in [6.45, 7) is 1.74. The van der Waals surface area contributed by atoms with Gasteiger partial charge >= 0.3 is 0 Å². The van der Waals surface area contributed by atoms with Gasteiger partial charge in [-0.2, -0.15) is 5.10 Å². The number of allylic oxidation sites excluding steroid dienone is 2. The molecule has 10 heteroatoms. The van der Waals surface area contributed by atoms with Crippen LogP contribution in [0, 0.1) is 5.41 Å². The van der Waals surface area contributed by atoms with Gasteiger partial charge in [0, 0.05) is 43.3 Å². The Labute approximate surface area is 243 Å². The van der Waals surface area contributed by atoms with Crippen LogP contribution in [0.3, 0.4) is 0 Å². The summed E-state index contributed by atoms with van der Waals surface area (Å²) >= 11 is 6.95. The maximum atomic E-state index is 14.3. The number of aliphatic hydroxyl groups is 1. The molecule has 6 rings (SSSR count). The topological polar surface area (TPSA) is 100 Å². The zero-order valence-electron chi connectivity index (χ0n) is 22.9. The molecule has 9 nitrogen and oxygen atoms in total. The van der Waals surface area contributed by atoms with Crippen molar-refractivity contribution in [2.75, 3.05) is 26.2 Å². The van der Waals surface area contributed by atoms with Crippen LogP contribution in [0.2, 0.25) is 0 Å². The highest BCUT2D eigenvalue weighted by Crippen LogP contribution is 2.44. The van der Waals surface area contributed by atoms with Crippen LogP contribution in [0.15, 0.2) is 83.0 Å². The summed E-state index contributed by atoms with van der Waals surface area (Å²) < 4.78 is 2.92. The molecule has 2 atom stereocenters. The van der Waals surface area contributed by atoms with Crippen LogP contribution < -0.4 is 5.56 Å². The number of piperidine rings is 2. The fourth-order valence-electron chi connectivity index (χ4n) is 6.26. The van der Waals surface area contributed by atoms with Gasteiger partial charge in [-0.15, -0.1) is 0 Å². The molecule has 0 bridgehead atoms. The molecule has 41 heavy (non-hydrogen) atoms. The highest BCUT2D eigenvalue weighted by molar-refractivity contribution is 6.36. The molecule has 2 saturated heterocycles. The standard InChI is InChI=1S/C31H34ClN5O4/c32-26-20-24(23-8-3-1-4-9-23)11-12-31(26,28(39)34-15-5-2-6-16-34)29(40)35-18-13-30(41,14-19-35)21-36-22-33-37-17-7-10-25(37)27(36)38/h1,3-4,7-12,17,20,22,24,41H,2,5-6,13-16,18-19,21H2. The van der Waals surface area contributed by atoms with E-state index in [4.69, 9.17) is 11.6 Å². The predicted octanol–water partition coefficient (Wildman–Crippen LogP) is 3.32. The Hall–Kier alpha value is -3.69. The second-order valence-electron chi connectivity index (χ2n) is 11.4. The van der Waals surface area contributed by atoms with Crippen molar-refractivity contribution < 1.29 is 14.7 Å². The lowest BCUT2D eigenvalue weighted by atomic mass is 9.76. The van der Waals surface area contributed by atoms with Gasteiger partial charge in [-0.3, -0.25) is 19.0 Å². The van der Waals surface area contributed by atoms with Gasteiger partial charge in [-0.1, -0.05) is 60.2 Å². The van der Waals surface area contributed by atoms with Crippen LogP contribution in [0.5, 0.6) is 0 Å². The van der Waals surface area contributed by atoms with E-state index < -0.39 is 11.0 Å². The molecule has 1 aromatic carbocycles.